The van der Waals surface area contributed by atoms with Gasteiger partial charge in [0, 0.05) is 17.0 Å². The quantitative estimate of drug-likeness (QED) is 0.850. The van der Waals surface area contributed by atoms with Gasteiger partial charge in [-0.15, -0.1) is 0 Å². The predicted octanol–water partition coefficient (Wildman–Crippen LogP) is 2.22. The van der Waals surface area contributed by atoms with Crippen LogP contribution in [0.2, 0.25) is 0 Å². The molecule has 0 saturated heterocycles. The Morgan fingerprint density at radius 3 is 2.30 bits per heavy atom. The fourth-order valence-corrected chi connectivity index (χ4v) is 2.79. The second kappa shape index (κ2) is 5.22. The molecule has 0 aliphatic carbocycles. The van der Waals surface area contributed by atoms with Crippen LogP contribution in [-0.4, -0.2) is 24.9 Å². The van der Waals surface area contributed by atoms with E-state index in [4.69, 9.17) is 0 Å². The van der Waals surface area contributed by atoms with Crippen LogP contribution in [0.4, 0.5) is 0 Å². The number of hydrogen-bond donors (Lipinski definition) is 2. The number of fused-ring (bicyclic) bond motifs is 1. The highest BCUT2D eigenvalue weighted by Crippen LogP contribution is 2.26. The Hall–Kier alpha value is -1.92. The summed E-state index contributed by atoms with van der Waals surface area (Å²) in [5.74, 6) is -0.373. The summed E-state index contributed by atoms with van der Waals surface area (Å²) in [6.45, 7) is 3.62. The van der Waals surface area contributed by atoms with Gasteiger partial charge in [-0.05, 0) is 31.4 Å². The number of nitrogens with one attached hydrogen (secondary N) is 1. The lowest BCUT2D eigenvalue weighted by Gasteiger charge is -2.12. The lowest BCUT2D eigenvalue weighted by Crippen LogP contribution is -2.30. The van der Waals surface area contributed by atoms with Crippen LogP contribution < -0.4 is 5.32 Å². The van der Waals surface area contributed by atoms with Gasteiger partial charge in [0.25, 0.3) is 16.0 Å². The van der Waals surface area contributed by atoms with E-state index in [2.05, 4.69) is 5.32 Å². The molecule has 106 valence electrons. The first-order chi connectivity index (χ1) is 9.30. The van der Waals surface area contributed by atoms with Crippen molar-refractivity contribution in [1.29, 1.82) is 0 Å². The Labute approximate surface area is 117 Å². The molecule has 0 atom stereocenters. The van der Waals surface area contributed by atoms with Crippen molar-refractivity contribution in [2.24, 2.45) is 0 Å². The molecule has 0 unspecified atom stereocenters. The third kappa shape index (κ3) is 2.81. The SMILES string of the molecule is CC(C)NC(=O)c1cccc2cccc(S(=O)(=O)O)c12. The molecule has 20 heavy (non-hydrogen) atoms. The molecule has 0 aliphatic rings. The molecule has 1 amide bonds. The Morgan fingerprint density at radius 2 is 1.75 bits per heavy atom. The average molecular weight is 293 g/mol. The normalized spacial score (nSPS) is 11.8. The van der Waals surface area contributed by atoms with E-state index < -0.39 is 10.1 Å². The van der Waals surface area contributed by atoms with Crippen LogP contribution in [0, 0.1) is 0 Å². The lowest BCUT2D eigenvalue weighted by molar-refractivity contribution is 0.0944. The topological polar surface area (TPSA) is 83.5 Å². The maximum absolute atomic E-state index is 12.2. The first kappa shape index (κ1) is 14.5. The fourth-order valence-electron chi connectivity index (χ4n) is 2.05. The number of benzene rings is 2. The number of carbonyl (C=O) groups is 1. The van der Waals surface area contributed by atoms with E-state index in [1.54, 1.807) is 18.2 Å². The number of rotatable bonds is 3. The highest BCUT2D eigenvalue weighted by Gasteiger charge is 2.19. The van der Waals surface area contributed by atoms with Gasteiger partial charge in [-0.1, -0.05) is 24.3 Å². The van der Waals surface area contributed by atoms with Crippen LogP contribution in [0.1, 0.15) is 24.2 Å². The Morgan fingerprint density at radius 1 is 1.15 bits per heavy atom. The zero-order valence-corrected chi connectivity index (χ0v) is 11.9. The number of hydrogen-bond acceptors (Lipinski definition) is 3. The molecule has 0 radical (unpaired) electrons. The van der Waals surface area contributed by atoms with Gasteiger partial charge in [0.05, 0.1) is 0 Å². The fraction of sp³-hybridized carbons (Fsp3) is 0.214. The monoisotopic (exact) mass is 293 g/mol. The zero-order valence-electron chi connectivity index (χ0n) is 11.1. The van der Waals surface area contributed by atoms with Gasteiger partial charge in [0.1, 0.15) is 4.90 Å². The molecule has 6 heteroatoms. The summed E-state index contributed by atoms with van der Waals surface area (Å²) in [5.41, 5.74) is 0.226. The van der Waals surface area contributed by atoms with Crippen molar-refractivity contribution >= 4 is 26.8 Å². The van der Waals surface area contributed by atoms with Gasteiger partial charge in [-0.25, -0.2) is 0 Å². The van der Waals surface area contributed by atoms with Crippen molar-refractivity contribution in [2.45, 2.75) is 24.8 Å². The van der Waals surface area contributed by atoms with Crippen molar-refractivity contribution in [2.75, 3.05) is 0 Å². The van der Waals surface area contributed by atoms with E-state index in [0.717, 1.165) is 0 Å². The smallest absolute Gasteiger partial charge is 0.295 e. The van der Waals surface area contributed by atoms with Crippen molar-refractivity contribution < 1.29 is 17.8 Å². The summed E-state index contributed by atoms with van der Waals surface area (Å²) in [6, 6.07) is 9.32. The summed E-state index contributed by atoms with van der Waals surface area (Å²) in [6.07, 6.45) is 0. The van der Waals surface area contributed by atoms with E-state index in [0.29, 0.717) is 5.39 Å². The standard InChI is InChI=1S/C14H15NO4S/c1-9(2)15-14(16)11-7-3-5-10-6-4-8-12(13(10)11)20(17,18)19/h3-9H,1-2H3,(H,15,16)(H,17,18,19). The summed E-state index contributed by atoms with van der Waals surface area (Å²) in [7, 11) is -4.39. The van der Waals surface area contributed by atoms with Gasteiger partial charge in [0.2, 0.25) is 0 Å². The first-order valence-corrected chi connectivity index (χ1v) is 7.55. The molecule has 0 fully saturated rings. The highest BCUT2D eigenvalue weighted by molar-refractivity contribution is 7.86. The molecule has 2 aromatic carbocycles. The molecular formula is C14H15NO4S. The first-order valence-electron chi connectivity index (χ1n) is 6.11. The minimum atomic E-state index is -4.39. The highest BCUT2D eigenvalue weighted by atomic mass is 32.2. The molecular weight excluding hydrogens is 278 g/mol. The number of amides is 1. The third-order valence-electron chi connectivity index (χ3n) is 2.81. The van der Waals surface area contributed by atoms with Crippen LogP contribution in [-0.2, 0) is 10.1 Å². The molecule has 0 aromatic heterocycles. The summed E-state index contributed by atoms with van der Waals surface area (Å²) >= 11 is 0. The molecule has 2 N–H and O–H groups in total. The van der Waals surface area contributed by atoms with Crippen LogP contribution in [0.5, 0.6) is 0 Å². The van der Waals surface area contributed by atoms with Crippen molar-refractivity contribution in [1.82, 2.24) is 5.32 Å². The maximum Gasteiger partial charge on any atom is 0.295 e. The van der Waals surface area contributed by atoms with Crippen LogP contribution in [0.3, 0.4) is 0 Å². The number of carbonyl (C=O) groups excluding carboxylic acids is 1. The predicted molar refractivity (Wildman–Crippen MR) is 76.4 cm³/mol. The Bertz CT molecular complexity index is 761. The third-order valence-corrected chi connectivity index (χ3v) is 3.70. The second-order valence-electron chi connectivity index (χ2n) is 4.76. The van der Waals surface area contributed by atoms with E-state index >= 15 is 0 Å². The summed E-state index contributed by atoms with van der Waals surface area (Å²) < 4.78 is 32.3. The largest absolute Gasteiger partial charge is 0.350 e. The Balaban J connectivity index is 2.76. The van der Waals surface area contributed by atoms with Crippen molar-refractivity contribution in [3.05, 3.63) is 42.0 Å². The lowest BCUT2D eigenvalue weighted by atomic mass is 10.0. The summed E-state index contributed by atoms with van der Waals surface area (Å²) in [5, 5.41) is 3.53. The van der Waals surface area contributed by atoms with Crippen LogP contribution >= 0.6 is 0 Å². The molecule has 0 spiro atoms. The van der Waals surface area contributed by atoms with E-state index in [1.807, 2.05) is 13.8 Å². The molecule has 0 aliphatic heterocycles. The molecule has 0 saturated carbocycles. The van der Waals surface area contributed by atoms with E-state index in [9.17, 15) is 17.8 Å². The Kier molecular flexibility index (Phi) is 3.78. The minimum Gasteiger partial charge on any atom is -0.350 e. The van der Waals surface area contributed by atoms with E-state index in [1.165, 1.54) is 18.2 Å². The van der Waals surface area contributed by atoms with Gasteiger partial charge in [-0.3, -0.25) is 9.35 Å². The maximum atomic E-state index is 12.2. The van der Waals surface area contributed by atoms with Gasteiger partial charge in [0.15, 0.2) is 0 Å². The zero-order chi connectivity index (χ0) is 14.9. The van der Waals surface area contributed by atoms with Gasteiger partial charge < -0.3 is 5.32 Å². The molecule has 0 bridgehead atoms. The average Bonchev–Trinajstić information content (AvgIpc) is 2.35. The minimum absolute atomic E-state index is 0.0735. The van der Waals surface area contributed by atoms with Crippen LogP contribution in [0.25, 0.3) is 10.8 Å². The van der Waals surface area contributed by atoms with E-state index in [-0.39, 0.29) is 27.8 Å². The van der Waals surface area contributed by atoms with Crippen LogP contribution in [0.15, 0.2) is 41.3 Å². The van der Waals surface area contributed by atoms with Crippen molar-refractivity contribution in [3.63, 3.8) is 0 Å². The van der Waals surface area contributed by atoms with Gasteiger partial charge >= 0.3 is 0 Å². The molecule has 2 aromatic rings. The van der Waals surface area contributed by atoms with Gasteiger partial charge in [-0.2, -0.15) is 8.42 Å². The molecule has 0 heterocycles. The molecule has 2 rings (SSSR count). The second-order valence-corrected chi connectivity index (χ2v) is 6.15. The van der Waals surface area contributed by atoms with Crippen molar-refractivity contribution in [3.8, 4) is 0 Å². The molecule has 5 nitrogen and oxygen atoms in total. The summed E-state index contributed by atoms with van der Waals surface area (Å²) in [4.78, 5) is 11.9.